The molecule has 37 heavy (non-hydrogen) atoms. The Kier molecular flexibility index (Phi) is 4.81. The van der Waals surface area contributed by atoms with Gasteiger partial charge in [-0.1, -0.05) is 48.5 Å². The standard InChI is InChI=1S/C27H15F4NO5/c28-14-7-5-6-13(12-14)21-19-20(26(37-21)22(33)15-8-1-2-9-16(15)23(26)34)25(36)32(24(19)35)18-11-4-3-10-17(18)27(29,30)31/h1-12,19-21H/t19-,20-,21-/m1/s1. The van der Waals surface area contributed by atoms with E-state index in [-0.39, 0.29) is 16.7 Å². The van der Waals surface area contributed by atoms with E-state index < -0.39 is 70.2 Å². The number of benzene rings is 3. The third-order valence-electron chi connectivity index (χ3n) is 7.15. The van der Waals surface area contributed by atoms with Gasteiger partial charge in [0.15, 0.2) is 0 Å². The second-order valence-electron chi connectivity index (χ2n) is 9.06. The maximum absolute atomic E-state index is 14.1. The fraction of sp³-hybridized carbons (Fsp3) is 0.185. The van der Waals surface area contributed by atoms with E-state index in [0.29, 0.717) is 4.90 Å². The van der Waals surface area contributed by atoms with E-state index >= 15 is 0 Å². The van der Waals surface area contributed by atoms with Crippen LogP contribution in [0.25, 0.3) is 0 Å². The topological polar surface area (TPSA) is 80.8 Å². The molecule has 0 radical (unpaired) electrons. The third kappa shape index (κ3) is 3.02. The number of imide groups is 1. The second kappa shape index (κ2) is 7.66. The van der Waals surface area contributed by atoms with Crippen molar-refractivity contribution in [1.29, 1.82) is 0 Å². The first-order chi connectivity index (χ1) is 17.6. The zero-order chi connectivity index (χ0) is 26.3. The summed E-state index contributed by atoms with van der Waals surface area (Å²) >= 11 is 0. The number of halogens is 4. The first-order valence-electron chi connectivity index (χ1n) is 11.2. The second-order valence-corrected chi connectivity index (χ2v) is 9.06. The lowest BCUT2D eigenvalue weighted by atomic mass is 9.77. The van der Waals surface area contributed by atoms with Crippen LogP contribution in [0.1, 0.15) is 37.9 Å². The number of rotatable bonds is 2. The number of Topliss-reactive ketones (excluding diaryl/α,β-unsaturated/α-hetero) is 2. The average molecular weight is 509 g/mol. The van der Waals surface area contributed by atoms with Crippen LogP contribution in [-0.4, -0.2) is 29.0 Å². The summed E-state index contributed by atoms with van der Waals surface area (Å²) in [6.45, 7) is 0. The van der Waals surface area contributed by atoms with Crippen LogP contribution in [0.3, 0.4) is 0 Å². The molecule has 3 aromatic carbocycles. The van der Waals surface area contributed by atoms with Crippen molar-refractivity contribution in [3.8, 4) is 0 Å². The number of ketones is 2. The quantitative estimate of drug-likeness (QED) is 0.288. The van der Waals surface area contributed by atoms with Gasteiger partial charge in [-0.15, -0.1) is 0 Å². The molecule has 0 saturated carbocycles. The van der Waals surface area contributed by atoms with Crippen molar-refractivity contribution in [3.05, 3.63) is 101 Å². The van der Waals surface area contributed by atoms with E-state index in [1.54, 1.807) is 0 Å². The summed E-state index contributed by atoms with van der Waals surface area (Å²) in [7, 11) is 0. The molecule has 10 heteroatoms. The number of carbonyl (C=O) groups is 4. The molecule has 0 aromatic heterocycles. The number of hydrogen-bond donors (Lipinski definition) is 0. The number of nitrogens with zero attached hydrogens (tertiary/aromatic N) is 1. The van der Waals surface area contributed by atoms with Crippen molar-refractivity contribution >= 4 is 29.1 Å². The zero-order valence-corrected chi connectivity index (χ0v) is 18.7. The molecule has 186 valence electrons. The predicted octanol–water partition coefficient (Wildman–Crippen LogP) is 4.54. The van der Waals surface area contributed by atoms with Crippen LogP contribution < -0.4 is 4.90 Å². The lowest BCUT2D eigenvalue weighted by Gasteiger charge is -2.28. The van der Waals surface area contributed by atoms with Crippen molar-refractivity contribution in [2.75, 3.05) is 4.90 Å². The van der Waals surface area contributed by atoms with Crippen LogP contribution in [0.15, 0.2) is 72.8 Å². The molecule has 2 heterocycles. The molecule has 2 saturated heterocycles. The van der Waals surface area contributed by atoms with Gasteiger partial charge in [0, 0.05) is 11.1 Å². The Balaban J connectivity index is 1.57. The number of ether oxygens (including phenoxy) is 1. The maximum Gasteiger partial charge on any atom is 0.418 e. The van der Waals surface area contributed by atoms with E-state index in [4.69, 9.17) is 4.74 Å². The molecule has 3 atom stereocenters. The normalized spacial score (nSPS) is 24.2. The van der Waals surface area contributed by atoms with Crippen molar-refractivity contribution < 1.29 is 41.5 Å². The molecule has 0 bridgehead atoms. The van der Waals surface area contributed by atoms with Gasteiger partial charge in [-0.25, -0.2) is 9.29 Å². The summed E-state index contributed by atoms with van der Waals surface area (Å²) in [6.07, 6.45) is -6.34. The third-order valence-corrected chi connectivity index (χ3v) is 7.15. The number of para-hydroxylation sites is 1. The first kappa shape index (κ1) is 23.2. The summed E-state index contributed by atoms with van der Waals surface area (Å²) in [5, 5.41) is 0. The largest absolute Gasteiger partial charge is 0.418 e. The molecular formula is C27H15F4NO5. The van der Waals surface area contributed by atoms with E-state index in [1.165, 1.54) is 42.5 Å². The molecule has 2 aliphatic heterocycles. The lowest BCUT2D eigenvalue weighted by molar-refractivity contribution is -0.137. The minimum atomic E-state index is -4.90. The Hall–Kier alpha value is -4.18. The van der Waals surface area contributed by atoms with Crippen molar-refractivity contribution in [3.63, 3.8) is 0 Å². The SMILES string of the molecule is O=C1[C@H]2[C@@H](c3cccc(F)c3)OC3(C(=O)c4ccccc4C3=O)[C@H]2C(=O)N1c1ccccc1C(F)(F)F. The van der Waals surface area contributed by atoms with Crippen LogP contribution in [0.2, 0.25) is 0 Å². The van der Waals surface area contributed by atoms with Crippen molar-refractivity contribution in [1.82, 2.24) is 0 Å². The Morgan fingerprint density at radius 2 is 1.41 bits per heavy atom. The Labute approximate surface area is 206 Å². The van der Waals surface area contributed by atoms with Crippen LogP contribution in [0.5, 0.6) is 0 Å². The van der Waals surface area contributed by atoms with E-state index in [1.807, 2.05) is 0 Å². The molecule has 6 nitrogen and oxygen atoms in total. The van der Waals surface area contributed by atoms with Crippen LogP contribution in [0.4, 0.5) is 23.2 Å². The molecule has 3 aromatic rings. The summed E-state index contributed by atoms with van der Waals surface area (Å²) in [4.78, 5) is 55.2. The van der Waals surface area contributed by atoms with E-state index in [2.05, 4.69) is 0 Å². The highest BCUT2D eigenvalue weighted by atomic mass is 19.4. The van der Waals surface area contributed by atoms with Crippen molar-refractivity contribution in [2.45, 2.75) is 17.9 Å². The minimum absolute atomic E-state index is 0.0273. The molecule has 6 rings (SSSR count). The highest BCUT2D eigenvalue weighted by molar-refractivity contribution is 6.37. The summed E-state index contributed by atoms with van der Waals surface area (Å²) in [5.74, 6) is -7.97. The lowest BCUT2D eigenvalue weighted by Crippen LogP contribution is -2.51. The summed E-state index contributed by atoms with van der Waals surface area (Å²) in [6, 6.07) is 14.7. The van der Waals surface area contributed by atoms with Crippen LogP contribution in [0, 0.1) is 17.7 Å². The van der Waals surface area contributed by atoms with Gasteiger partial charge in [-0.2, -0.15) is 13.2 Å². The molecule has 2 amide bonds. The first-order valence-corrected chi connectivity index (χ1v) is 11.2. The Bertz CT molecular complexity index is 1500. The molecule has 1 spiro atoms. The van der Waals surface area contributed by atoms with Crippen LogP contribution >= 0.6 is 0 Å². The van der Waals surface area contributed by atoms with E-state index in [9.17, 15) is 36.7 Å². The molecule has 2 fully saturated rings. The number of anilines is 1. The van der Waals surface area contributed by atoms with Gasteiger partial charge < -0.3 is 4.74 Å². The van der Waals surface area contributed by atoms with Crippen LogP contribution in [-0.2, 0) is 20.5 Å². The fourth-order valence-corrected chi connectivity index (χ4v) is 5.65. The zero-order valence-electron chi connectivity index (χ0n) is 18.7. The van der Waals surface area contributed by atoms with Gasteiger partial charge in [0.05, 0.1) is 29.2 Å². The molecular weight excluding hydrogens is 494 g/mol. The Morgan fingerprint density at radius 1 is 0.784 bits per heavy atom. The Morgan fingerprint density at radius 3 is 2.03 bits per heavy atom. The summed E-state index contributed by atoms with van der Waals surface area (Å²) in [5.41, 5.74) is -4.42. The van der Waals surface area contributed by atoms with Gasteiger partial charge in [0.25, 0.3) is 0 Å². The molecule has 3 aliphatic rings. The molecule has 0 unspecified atom stereocenters. The predicted molar refractivity (Wildman–Crippen MR) is 119 cm³/mol. The smallest absolute Gasteiger partial charge is 0.349 e. The van der Waals surface area contributed by atoms with Gasteiger partial charge in [0.1, 0.15) is 5.82 Å². The van der Waals surface area contributed by atoms with Gasteiger partial charge in [-0.05, 0) is 29.8 Å². The highest BCUT2D eigenvalue weighted by Crippen LogP contribution is 2.58. The maximum atomic E-state index is 14.1. The molecule has 1 aliphatic carbocycles. The fourth-order valence-electron chi connectivity index (χ4n) is 5.65. The number of alkyl halides is 3. The minimum Gasteiger partial charge on any atom is -0.349 e. The van der Waals surface area contributed by atoms with Crippen molar-refractivity contribution in [2.24, 2.45) is 11.8 Å². The number of hydrogen-bond acceptors (Lipinski definition) is 5. The van der Waals surface area contributed by atoms with Gasteiger partial charge in [-0.3, -0.25) is 19.2 Å². The number of carbonyl (C=O) groups excluding carboxylic acids is 4. The average Bonchev–Trinajstić information content (AvgIpc) is 3.43. The van der Waals surface area contributed by atoms with Gasteiger partial charge in [0.2, 0.25) is 29.0 Å². The summed E-state index contributed by atoms with van der Waals surface area (Å²) < 4.78 is 61.5. The number of fused-ring (bicyclic) bond motifs is 3. The van der Waals surface area contributed by atoms with E-state index in [0.717, 1.165) is 30.3 Å². The number of amides is 2. The highest BCUT2D eigenvalue weighted by Gasteiger charge is 2.75. The van der Waals surface area contributed by atoms with Gasteiger partial charge >= 0.3 is 6.18 Å². The molecule has 0 N–H and O–H groups in total. The monoisotopic (exact) mass is 509 g/mol.